The van der Waals surface area contributed by atoms with Crippen molar-refractivity contribution in [2.45, 2.75) is 13.0 Å². The summed E-state index contributed by atoms with van der Waals surface area (Å²) in [4.78, 5) is 36.1. The Bertz CT molecular complexity index is 877. The van der Waals surface area contributed by atoms with Crippen LogP contribution in [0.4, 0.5) is 4.79 Å². The topological polar surface area (TPSA) is 93.7 Å². The fraction of sp³-hybridized carbons (Fsp3) is 0.190. The highest BCUT2D eigenvalue weighted by Gasteiger charge is 2.23. The molecule has 0 spiro atoms. The first-order valence-electron chi connectivity index (χ1n) is 8.60. The van der Waals surface area contributed by atoms with E-state index in [0.717, 1.165) is 0 Å². The summed E-state index contributed by atoms with van der Waals surface area (Å²) < 4.78 is 10.6. The molecule has 146 valence electrons. The molecule has 2 N–H and O–H groups in total. The van der Waals surface area contributed by atoms with Crippen molar-refractivity contribution in [1.29, 1.82) is 0 Å². The normalized spacial score (nSPS) is 11.9. The molecule has 0 aliphatic carbocycles. The average molecular weight is 382 g/mol. The predicted molar refractivity (Wildman–Crippen MR) is 105 cm³/mol. The molecule has 3 amide bonds. The van der Waals surface area contributed by atoms with Crippen molar-refractivity contribution < 1.29 is 23.9 Å². The molecule has 0 unspecified atom stereocenters. The van der Waals surface area contributed by atoms with Crippen LogP contribution in [-0.2, 0) is 14.3 Å². The van der Waals surface area contributed by atoms with Gasteiger partial charge >= 0.3 is 12.0 Å². The molecule has 2 rings (SSSR count). The number of esters is 1. The van der Waals surface area contributed by atoms with Crippen molar-refractivity contribution in [3.05, 3.63) is 65.7 Å². The van der Waals surface area contributed by atoms with Gasteiger partial charge in [-0.2, -0.15) is 0 Å². The molecule has 0 aliphatic rings. The van der Waals surface area contributed by atoms with Crippen molar-refractivity contribution in [1.82, 2.24) is 10.6 Å². The third-order valence-electron chi connectivity index (χ3n) is 3.86. The molecule has 1 atom stereocenters. The fourth-order valence-corrected chi connectivity index (χ4v) is 2.37. The second kappa shape index (κ2) is 9.91. The van der Waals surface area contributed by atoms with E-state index >= 15 is 0 Å². The molecule has 0 saturated heterocycles. The lowest BCUT2D eigenvalue weighted by atomic mass is 10.0. The molecule has 0 heterocycles. The van der Waals surface area contributed by atoms with Crippen LogP contribution in [0, 0.1) is 0 Å². The third kappa shape index (κ3) is 5.44. The van der Waals surface area contributed by atoms with Gasteiger partial charge in [0.15, 0.2) is 6.10 Å². The first-order chi connectivity index (χ1) is 13.5. The number of imide groups is 1. The lowest BCUT2D eigenvalue weighted by molar-refractivity contribution is -0.148. The number of hydrogen-bond acceptors (Lipinski definition) is 5. The summed E-state index contributed by atoms with van der Waals surface area (Å²) in [5.41, 5.74) is 1.56. The second-order valence-electron chi connectivity index (χ2n) is 5.78. The van der Waals surface area contributed by atoms with Gasteiger partial charge in [-0.25, -0.2) is 9.59 Å². The maximum absolute atomic E-state index is 12.8. The number of ether oxygens (including phenoxy) is 2. The Kier molecular flexibility index (Phi) is 7.33. The number of rotatable bonds is 6. The minimum Gasteiger partial charge on any atom is -0.496 e. The summed E-state index contributed by atoms with van der Waals surface area (Å²) in [5, 5.41) is 4.34. The van der Waals surface area contributed by atoms with Crippen LogP contribution >= 0.6 is 0 Å². The second-order valence-corrected chi connectivity index (χ2v) is 5.78. The van der Waals surface area contributed by atoms with Gasteiger partial charge in [0.1, 0.15) is 5.75 Å². The molecular weight excluding hydrogens is 360 g/mol. The van der Waals surface area contributed by atoms with E-state index in [0.29, 0.717) is 16.9 Å². The number of hydrogen-bond donors (Lipinski definition) is 2. The Hall–Kier alpha value is -3.61. The molecule has 0 saturated carbocycles. The van der Waals surface area contributed by atoms with Gasteiger partial charge in [0.2, 0.25) is 0 Å². The Morgan fingerprint density at radius 2 is 1.64 bits per heavy atom. The zero-order chi connectivity index (χ0) is 20.5. The van der Waals surface area contributed by atoms with Gasteiger partial charge in [-0.3, -0.25) is 10.1 Å². The van der Waals surface area contributed by atoms with E-state index in [2.05, 4.69) is 10.6 Å². The maximum atomic E-state index is 12.8. The fourth-order valence-electron chi connectivity index (χ4n) is 2.37. The Labute approximate surface area is 163 Å². The first-order valence-corrected chi connectivity index (χ1v) is 8.60. The van der Waals surface area contributed by atoms with Crippen molar-refractivity contribution in [3.8, 4) is 5.75 Å². The number of para-hydroxylation sites is 1. The van der Waals surface area contributed by atoms with Crippen LogP contribution in [0.3, 0.4) is 0 Å². The van der Waals surface area contributed by atoms with E-state index < -0.39 is 24.0 Å². The Morgan fingerprint density at radius 3 is 2.29 bits per heavy atom. The van der Waals surface area contributed by atoms with Crippen LogP contribution in [0.2, 0.25) is 0 Å². The maximum Gasteiger partial charge on any atom is 0.339 e. The highest BCUT2D eigenvalue weighted by Crippen LogP contribution is 2.25. The largest absolute Gasteiger partial charge is 0.496 e. The Balaban J connectivity index is 2.32. The molecule has 0 fully saturated rings. The quantitative estimate of drug-likeness (QED) is 0.455. The molecule has 0 aromatic heterocycles. The lowest BCUT2D eigenvalue weighted by Crippen LogP contribution is -2.43. The van der Waals surface area contributed by atoms with Crippen molar-refractivity contribution in [3.63, 3.8) is 0 Å². The molecule has 0 bridgehead atoms. The van der Waals surface area contributed by atoms with E-state index in [1.54, 1.807) is 49.6 Å². The molecule has 0 radical (unpaired) electrons. The zero-order valence-electron chi connectivity index (χ0n) is 15.9. The minimum absolute atomic E-state index is 0.254. The smallest absolute Gasteiger partial charge is 0.339 e. The molecule has 7 heteroatoms. The first kappa shape index (κ1) is 20.7. The monoisotopic (exact) mass is 382 g/mol. The molecular formula is C21H22N2O5. The number of methoxy groups -OCH3 is 1. The number of carbonyl (C=O) groups excluding carboxylic acids is 3. The molecule has 28 heavy (non-hydrogen) atoms. The van der Waals surface area contributed by atoms with Crippen molar-refractivity contribution in [2.24, 2.45) is 0 Å². The summed E-state index contributed by atoms with van der Waals surface area (Å²) in [6.45, 7) is 1.39. The third-order valence-corrected chi connectivity index (χ3v) is 3.86. The van der Waals surface area contributed by atoms with E-state index in [4.69, 9.17) is 9.47 Å². The number of benzene rings is 2. The molecule has 2 aromatic rings. The predicted octanol–water partition coefficient (Wildman–Crippen LogP) is 2.62. The highest BCUT2D eigenvalue weighted by molar-refractivity contribution is 6.22. The van der Waals surface area contributed by atoms with E-state index in [-0.39, 0.29) is 5.57 Å². The number of amides is 3. The summed E-state index contributed by atoms with van der Waals surface area (Å²) in [6, 6.07) is 15.5. The van der Waals surface area contributed by atoms with Crippen molar-refractivity contribution >= 4 is 29.6 Å². The van der Waals surface area contributed by atoms with E-state index in [1.807, 2.05) is 18.2 Å². The lowest BCUT2D eigenvalue weighted by Gasteiger charge is -2.15. The van der Waals surface area contributed by atoms with Gasteiger partial charge in [-0.15, -0.1) is 0 Å². The van der Waals surface area contributed by atoms with Crippen LogP contribution < -0.4 is 15.4 Å². The van der Waals surface area contributed by atoms with Crippen molar-refractivity contribution in [2.75, 3.05) is 14.2 Å². The Morgan fingerprint density at radius 1 is 1.00 bits per heavy atom. The molecule has 2 aromatic carbocycles. The van der Waals surface area contributed by atoms with E-state index in [9.17, 15) is 14.4 Å². The van der Waals surface area contributed by atoms with Gasteiger partial charge in [0, 0.05) is 12.6 Å². The average Bonchev–Trinajstić information content (AvgIpc) is 2.72. The van der Waals surface area contributed by atoms with Crippen LogP contribution in [0.1, 0.15) is 18.1 Å². The van der Waals surface area contributed by atoms with E-state index in [1.165, 1.54) is 14.0 Å². The number of urea groups is 1. The van der Waals surface area contributed by atoms with Crippen LogP contribution in [0.25, 0.3) is 11.6 Å². The standard InChI is InChI=1S/C21H22N2O5/c1-14(19(24)23-21(26)22-2)28-20(25)17(15-9-5-4-6-10-15)13-16-11-7-8-12-18(16)27-3/h4-14H,1-3H3,(H2,22,23,24,26)/b17-13+/t14-/m1/s1. The number of nitrogens with one attached hydrogen (secondary N) is 2. The van der Waals surface area contributed by atoms with Gasteiger partial charge in [0.05, 0.1) is 12.7 Å². The molecule has 0 aliphatic heterocycles. The molecule has 7 nitrogen and oxygen atoms in total. The summed E-state index contributed by atoms with van der Waals surface area (Å²) in [6.07, 6.45) is 0.481. The highest BCUT2D eigenvalue weighted by atomic mass is 16.5. The van der Waals surface area contributed by atoms with Crippen LogP contribution in [0.5, 0.6) is 5.75 Å². The summed E-state index contributed by atoms with van der Waals surface area (Å²) >= 11 is 0. The van der Waals surface area contributed by atoms with Crippen LogP contribution in [-0.4, -0.2) is 38.2 Å². The SMILES string of the molecule is CNC(=O)NC(=O)[C@@H](C)OC(=O)/C(=C/c1ccccc1OC)c1ccccc1. The van der Waals surface area contributed by atoms with Gasteiger partial charge in [-0.05, 0) is 24.6 Å². The van der Waals surface area contributed by atoms with Gasteiger partial charge < -0.3 is 14.8 Å². The summed E-state index contributed by atoms with van der Waals surface area (Å²) in [5.74, 6) is -0.830. The summed E-state index contributed by atoms with van der Waals surface area (Å²) in [7, 11) is 2.92. The van der Waals surface area contributed by atoms with Gasteiger partial charge in [0.25, 0.3) is 5.91 Å². The zero-order valence-corrected chi connectivity index (χ0v) is 15.9. The van der Waals surface area contributed by atoms with Crippen LogP contribution in [0.15, 0.2) is 54.6 Å². The van der Waals surface area contributed by atoms with Gasteiger partial charge in [-0.1, -0.05) is 48.5 Å². The minimum atomic E-state index is -1.16. The number of carbonyl (C=O) groups is 3.